The van der Waals surface area contributed by atoms with Crippen molar-refractivity contribution < 1.29 is 14.2 Å². The Hall–Kier alpha value is -3.86. The van der Waals surface area contributed by atoms with Crippen LogP contribution in [-0.2, 0) is 11.3 Å². The number of phenolic OH excluding ortho intramolecular Hbond substituents is 1. The normalized spacial score (nSPS) is 21.1. The average molecular weight is 600 g/mol. The Morgan fingerprint density at radius 3 is 2.55 bits per heavy atom. The molecule has 1 saturated heterocycles. The van der Waals surface area contributed by atoms with Crippen LogP contribution < -0.4 is 16.6 Å². The minimum absolute atomic E-state index is 0.0848. The van der Waals surface area contributed by atoms with E-state index in [2.05, 4.69) is 15.2 Å². The molecule has 1 aliphatic heterocycles. The Morgan fingerprint density at radius 1 is 0.977 bits per heavy atom. The summed E-state index contributed by atoms with van der Waals surface area (Å²) >= 11 is 0. The second kappa shape index (κ2) is 12.3. The molecule has 3 aliphatic rings. The number of hydrogen-bond acceptors (Lipinski definition) is 7. The van der Waals surface area contributed by atoms with E-state index in [4.69, 9.17) is 4.74 Å². The van der Waals surface area contributed by atoms with Crippen LogP contribution in [0.4, 0.5) is 4.39 Å². The first-order valence-corrected chi connectivity index (χ1v) is 15.7. The van der Waals surface area contributed by atoms with Gasteiger partial charge in [0.05, 0.1) is 30.5 Å². The lowest BCUT2D eigenvalue weighted by Crippen LogP contribution is -2.44. The predicted octanol–water partition coefficient (Wildman–Crippen LogP) is 4.37. The highest BCUT2D eigenvalue weighted by molar-refractivity contribution is 5.77. The lowest BCUT2D eigenvalue weighted by Gasteiger charge is -2.30. The molecule has 230 valence electrons. The number of aromatic hydroxyl groups is 1. The third-order valence-electron chi connectivity index (χ3n) is 9.35. The van der Waals surface area contributed by atoms with Gasteiger partial charge in [-0.05, 0) is 98.0 Å². The number of nitrogens with zero attached hydrogens (tertiary/aromatic N) is 4. The topological polar surface area (TPSA) is 102 Å². The van der Waals surface area contributed by atoms with Crippen molar-refractivity contribution in [3.63, 3.8) is 0 Å². The summed E-state index contributed by atoms with van der Waals surface area (Å²) in [6, 6.07) is 14.2. The molecule has 44 heavy (non-hydrogen) atoms. The second-order valence-corrected chi connectivity index (χ2v) is 12.5. The summed E-state index contributed by atoms with van der Waals surface area (Å²) in [4.78, 5) is 34.5. The van der Waals surface area contributed by atoms with Crippen molar-refractivity contribution in [2.75, 3.05) is 32.8 Å². The molecule has 4 aromatic rings. The largest absolute Gasteiger partial charge is 0.508 e. The van der Waals surface area contributed by atoms with Gasteiger partial charge in [0.15, 0.2) is 5.65 Å². The van der Waals surface area contributed by atoms with Gasteiger partial charge in [-0.15, -0.1) is 0 Å². The lowest BCUT2D eigenvalue weighted by molar-refractivity contribution is 0.0342. The van der Waals surface area contributed by atoms with Crippen LogP contribution in [0.5, 0.6) is 5.75 Å². The van der Waals surface area contributed by atoms with Crippen molar-refractivity contribution in [2.45, 2.75) is 57.2 Å². The van der Waals surface area contributed by atoms with Crippen LogP contribution in [0, 0.1) is 11.7 Å². The highest BCUT2D eigenvalue weighted by Crippen LogP contribution is 2.32. The molecule has 10 heteroatoms. The van der Waals surface area contributed by atoms with Gasteiger partial charge in [-0.25, -0.2) is 18.7 Å². The molecule has 3 fully saturated rings. The Kier molecular flexibility index (Phi) is 8.05. The van der Waals surface area contributed by atoms with E-state index < -0.39 is 17.1 Å². The minimum atomic E-state index is -0.620. The number of fused-ring (bicyclic) bond motifs is 1. The molecule has 0 radical (unpaired) electrons. The molecule has 0 bridgehead atoms. The number of morpholine rings is 1. The van der Waals surface area contributed by atoms with E-state index in [0.717, 1.165) is 61.3 Å². The van der Waals surface area contributed by atoms with E-state index in [1.807, 2.05) is 30.3 Å². The Morgan fingerprint density at radius 2 is 1.77 bits per heavy atom. The monoisotopic (exact) mass is 599 g/mol. The highest BCUT2D eigenvalue weighted by Gasteiger charge is 2.29. The molecule has 7 rings (SSSR count). The quantitative estimate of drug-likeness (QED) is 0.310. The number of phenols is 1. The van der Waals surface area contributed by atoms with Gasteiger partial charge in [-0.2, -0.15) is 0 Å². The average Bonchev–Trinajstić information content (AvgIpc) is 3.87. The summed E-state index contributed by atoms with van der Waals surface area (Å²) in [7, 11) is 0. The molecular formula is C34H38FN5O4. The van der Waals surface area contributed by atoms with E-state index in [1.165, 1.54) is 28.0 Å². The zero-order valence-corrected chi connectivity index (χ0v) is 24.8. The summed E-state index contributed by atoms with van der Waals surface area (Å²) in [5.41, 5.74) is 2.45. The van der Waals surface area contributed by atoms with E-state index in [0.29, 0.717) is 44.3 Å². The number of aromatic nitrogens is 3. The fraction of sp³-hybridized carbons (Fsp3) is 0.441. The molecular weight excluding hydrogens is 561 g/mol. The maximum absolute atomic E-state index is 14.4. The van der Waals surface area contributed by atoms with Gasteiger partial charge in [-0.1, -0.05) is 18.2 Å². The molecule has 2 saturated carbocycles. The Balaban J connectivity index is 1.27. The third-order valence-corrected chi connectivity index (χ3v) is 9.35. The molecule has 3 heterocycles. The minimum Gasteiger partial charge on any atom is -0.508 e. The summed E-state index contributed by atoms with van der Waals surface area (Å²) in [6.07, 6.45) is 6.79. The maximum atomic E-state index is 14.4. The molecule has 2 N–H and O–H groups in total. The summed E-state index contributed by atoms with van der Waals surface area (Å²) < 4.78 is 22.7. The Labute approximate surface area is 254 Å². The third kappa shape index (κ3) is 5.94. The first kappa shape index (κ1) is 28.9. The van der Waals surface area contributed by atoms with Gasteiger partial charge in [0, 0.05) is 31.7 Å². The maximum Gasteiger partial charge on any atom is 0.337 e. The molecule has 0 amide bonds. The standard InChI is InChI=1S/C34H38FN5O4/c35-25-18-31-32(37-20-25)39(34(43)40(33(31)42)27-8-6-26(7-9-27)36-19-22-4-5-22)28-3-1-2-23(16-28)30-11-10-29(41)17-24(30)21-38-12-14-44-15-13-38/h1-3,10-11,16-18,20,22,26-27,36,41H,4-9,12-15,19,21H2/t26-,27+. The van der Waals surface area contributed by atoms with Crippen molar-refractivity contribution in [3.05, 3.63) is 86.9 Å². The van der Waals surface area contributed by atoms with Crippen molar-refractivity contribution >= 4 is 11.0 Å². The number of pyridine rings is 1. The summed E-state index contributed by atoms with van der Waals surface area (Å²) in [5, 5.41) is 14.1. The number of nitrogens with one attached hydrogen (secondary N) is 1. The summed E-state index contributed by atoms with van der Waals surface area (Å²) in [6.45, 7) is 4.62. The molecule has 0 unspecified atom stereocenters. The van der Waals surface area contributed by atoms with Crippen LogP contribution in [-0.4, -0.2) is 63.0 Å². The number of halogens is 1. The summed E-state index contributed by atoms with van der Waals surface area (Å²) in [5.74, 6) is 0.356. The van der Waals surface area contributed by atoms with Crippen LogP contribution in [0.25, 0.3) is 27.8 Å². The van der Waals surface area contributed by atoms with Crippen LogP contribution in [0.1, 0.15) is 50.1 Å². The van der Waals surface area contributed by atoms with Crippen LogP contribution in [0.3, 0.4) is 0 Å². The van der Waals surface area contributed by atoms with Crippen LogP contribution in [0.15, 0.2) is 64.3 Å². The van der Waals surface area contributed by atoms with E-state index in [-0.39, 0.29) is 22.8 Å². The molecule has 2 aliphatic carbocycles. The number of benzene rings is 2. The fourth-order valence-electron chi connectivity index (χ4n) is 6.74. The van der Waals surface area contributed by atoms with Crippen LogP contribution in [0.2, 0.25) is 0 Å². The van der Waals surface area contributed by atoms with E-state index in [9.17, 15) is 19.1 Å². The van der Waals surface area contributed by atoms with Crippen molar-refractivity contribution in [2.24, 2.45) is 5.92 Å². The first-order valence-electron chi connectivity index (χ1n) is 15.7. The molecule has 2 aromatic carbocycles. The molecule has 2 aromatic heterocycles. The first-order chi connectivity index (χ1) is 21.4. The predicted molar refractivity (Wildman–Crippen MR) is 167 cm³/mol. The zero-order chi connectivity index (χ0) is 30.2. The smallest absolute Gasteiger partial charge is 0.337 e. The highest BCUT2D eigenvalue weighted by atomic mass is 19.1. The molecule has 0 atom stereocenters. The number of hydrogen-bond donors (Lipinski definition) is 2. The van der Waals surface area contributed by atoms with Gasteiger partial charge in [0.2, 0.25) is 0 Å². The van der Waals surface area contributed by atoms with Gasteiger partial charge in [0.1, 0.15) is 11.6 Å². The SMILES string of the molecule is O=c1c2cc(F)cnc2n(-c2cccc(-c3ccc(O)cc3CN3CCOCC3)c2)c(=O)n1[C@H]1CC[C@@H](NCC2CC2)CC1. The number of ether oxygens (including phenoxy) is 1. The Bertz CT molecular complexity index is 1790. The van der Waals surface area contributed by atoms with Crippen molar-refractivity contribution in [3.8, 4) is 22.6 Å². The zero-order valence-electron chi connectivity index (χ0n) is 24.8. The molecule has 0 spiro atoms. The second-order valence-electron chi connectivity index (χ2n) is 12.5. The van der Waals surface area contributed by atoms with Gasteiger partial charge in [-0.3, -0.25) is 14.3 Å². The van der Waals surface area contributed by atoms with Gasteiger partial charge in [0.25, 0.3) is 5.56 Å². The van der Waals surface area contributed by atoms with Crippen molar-refractivity contribution in [1.29, 1.82) is 0 Å². The fourth-order valence-corrected chi connectivity index (χ4v) is 6.74. The van der Waals surface area contributed by atoms with Gasteiger partial charge < -0.3 is 15.2 Å². The van der Waals surface area contributed by atoms with Gasteiger partial charge >= 0.3 is 5.69 Å². The number of rotatable bonds is 8. The van der Waals surface area contributed by atoms with E-state index >= 15 is 0 Å². The van der Waals surface area contributed by atoms with Crippen molar-refractivity contribution in [1.82, 2.24) is 24.3 Å². The van der Waals surface area contributed by atoms with E-state index in [1.54, 1.807) is 12.1 Å². The molecule has 9 nitrogen and oxygen atoms in total. The lowest BCUT2D eigenvalue weighted by atomic mass is 9.91. The van der Waals surface area contributed by atoms with Crippen LogP contribution >= 0.6 is 0 Å².